The maximum atomic E-state index is 12.8. The first-order chi connectivity index (χ1) is 30.1. The summed E-state index contributed by atoms with van der Waals surface area (Å²) in [5.41, 5.74) is 0. The van der Waals surface area contributed by atoms with E-state index in [1.54, 1.807) is 0 Å². The molecule has 360 valence electrons. The zero-order valence-electron chi connectivity index (χ0n) is 40.7. The number of carbonyl (C=O) groups is 3. The second kappa shape index (κ2) is 44.8. The number of carboxylic acid groups (broad SMARTS) is 1. The fourth-order valence-corrected chi connectivity index (χ4v) is 6.83. The van der Waals surface area contributed by atoms with E-state index in [1.165, 1.54) is 109 Å². The topological polar surface area (TPSA) is 111 Å². The van der Waals surface area contributed by atoms with Gasteiger partial charge in [-0.2, -0.15) is 0 Å². The molecule has 9 heteroatoms. The van der Waals surface area contributed by atoms with Gasteiger partial charge in [-0.25, -0.2) is 0 Å². The zero-order chi connectivity index (χ0) is 45.6. The summed E-state index contributed by atoms with van der Waals surface area (Å²) in [6, 6.07) is 0. The van der Waals surface area contributed by atoms with Crippen molar-refractivity contribution in [3.63, 3.8) is 0 Å². The standard InChI is InChI=1S/C53H95NO8/c1-6-8-10-12-14-16-18-20-22-24-26-28-30-32-34-36-38-40-42-44-51(56)62-49(48-61-53(52(57)58)59-46-45-54(3,4)5)47-60-50(55)43-41-39-37-35-33-31-29-27-25-23-21-19-17-15-13-11-9-7-2/h14,16-17,19-20,22-23,25,49,53H,6-13,15,18,21,24,26-48H2,1-5H3/b16-14-,19-17-,22-20-,25-23-. The van der Waals surface area contributed by atoms with Crippen molar-refractivity contribution in [2.45, 2.75) is 225 Å². The third-order valence-electron chi connectivity index (χ3n) is 10.8. The average Bonchev–Trinajstić information content (AvgIpc) is 3.23. The molecule has 0 saturated heterocycles. The second-order valence-corrected chi connectivity index (χ2v) is 18.1. The smallest absolute Gasteiger partial charge is 0.306 e. The van der Waals surface area contributed by atoms with Gasteiger partial charge in [-0.3, -0.25) is 9.59 Å². The predicted octanol–water partition coefficient (Wildman–Crippen LogP) is 12.6. The number of esters is 2. The van der Waals surface area contributed by atoms with Gasteiger partial charge in [0.05, 0.1) is 40.3 Å². The van der Waals surface area contributed by atoms with E-state index in [0.717, 1.165) is 70.6 Å². The molecule has 2 atom stereocenters. The molecule has 0 aromatic rings. The van der Waals surface area contributed by atoms with Crippen molar-refractivity contribution in [1.29, 1.82) is 0 Å². The van der Waals surface area contributed by atoms with Crippen LogP contribution < -0.4 is 5.11 Å². The Labute approximate surface area is 381 Å². The Morgan fingerprint density at radius 3 is 1.31 bits per heavy atom. The van der Waals surface area contributed by atoms with E-state index in [4.69, 9.17) is 18.9 Å². The summed E-state index contributed by atoms with van der Waals surface area (Å²) in [5, 5.41) is 11.7. The van der Waals surface area contributed by atoms with Gasteiger partial charge in [-0.1, -0.05) is 172 Å². The first kappa shape index (κ1) is 59.2. The lowest BCUT2D eigenvalue weighted by Crippen LogP contribution is -2.44. The minimum atomic E-state index is -1.62. The summed E-state index contributed by atoms with van der Waals surface area (Å²) in [7, 11) is 5.91. The number of unbranched alkanes of at least 4 members (excludes halogenated alkanes) is 23. The molecule has 0 amide bonds. The van der Waals surface area contributed by atoms with Gasteiger partial charge in [-0.15, -0.1) is 0 Å². The van der Waals surface area contributed by atoms with Crippen LogP contribution in [0, 0.1) is 0 Å². The van der Waals surface area contributed by atoms with Gasteiger partial charge in [-0.05, 0) is 77.0 Å². The van der Waals surface area contributed by atoms with Crippen LogP contribution in [0.15, 0.2) is 48.6 Å². The number of quaternary nitrogens is 1. The Balaban J connectivity index is 4.38. The molecule has 62 heavy (non-hydrogen) atoms. The molecule has 0 rings (SSSR count). The number of hydrogen-bond donors (Lipinski definition) is 0. The third kappa shape index (κ3) is 45.3. The normalized spacial score (nSPS) is 13.2. The van der Waals surface area contributed by atoms with E-state index in [2.05, 4.69) is 62.5 Å². The van der Waals surface area contributed by atoms with Gasteiger partial charge in [0.15, 0.2) is 12.4 Å². The van der Waals surface area contributed by atoms with Crippen LogP contribution in [0.1, 0.15) is 213 Å². The van der Waals surface area contributed by atoms with Crippen molar-refractivity contribution < 1.29 is 42.9 Å². The van der Waals surface area contributed by atoms with Crippen LogP contribution in [-0.2, 0) is 33.3 Å². The molecule has 0 bridgehead atoms. The highest BCUT2D eigenvalue weighted by molar-refractivity contribution is 5.70. The number of aliphatic carboxylic acids is 1. The van der Waals surface area contributed by atoms with Crippen LogP contribution in [-0.4, -0.2) is 82.3 Å². The highest BCUT2D eigenvalue weighted by Gasteiger charge is 2.21. The number of rotatable bonds is 46. The number of nitrogens with zero attached hydrogens (tertiary/aromatic N) is 1. The second-order valence-electron chi connectivity index (χ2n) is 18.1. The molecule has 9 nitrogen and oxygen atoms in total. The lowest BCUT2D eigenvalue weighted by Gasteiger charge is -2.26. The van der Waals surface area contributed by atoms with E-state index in [9.17, 15) is 19.5 Å². The highest BCUT2D eigenvalue weighted by Crippen LogP contribution is 2.14. The van der Waals surface area contributed by atoms with Gasteiger partial charge in [0.25, 0.3) is 0 Å². The molecular weight excluding hydrogens is 779 g/mol. The number of likely N-dealkylation sites (N-methyl/N-ethyl adjacent to an activating group) is 1. The first-order valence-corrected chi connectivity index (χ1v) is 25.3. The summed E-state index contributed by atoms with van der Waals surface area (Å²) >= 11 is 0. The summed E-state index contributed by atoms with van der Waals surface area (Å²) in [6.45, 7) is 4.69. The third-order valence-corrected chi connectivity index (χ3v) is 10.8. The molecule has 0 aliphatic carbocycles. The van der Waals surface area contributed by atoms with E-state index in [1.807, 2.05) is 21.1 Å². The molecule has 0 radical (unpaired) electrons. The molecule has 0 aliphatic rings. The van der Waals surface area contributed by atoms with Gasteiger partial charge >= 0.3 is 11.9 Å². The van der Waals surface area contributed by atoms with Crippen molar-refractivity contribution >= 4 is 17.9 Å². The molecule has 0 aromatic heterocycles. The van der Waals surface area contributed by atoms with Crippen LogP contribution in [0.5, 0.6) is 0 Å². The molecule has 2 unspecified atom stereocenters. The lowest BCUT2D eigenvalue weighted by molar-refractivity contribution is -0.870. The van der Waals surface area contributed by atoms with Crippen LogP contribution in [0.4, 0.5) is 0 Å². The van der Waals surface area contributed by atoms with Gasteiger partial charge in [0, 0.05) is 12.8 Å². The van der Waals surface area contributed by atoms with Crippen molar-refractivity contribution in [2.24, 2.45) is 0 Å². The Hall–Kier alpha value is -2.75. The van der Waals surface area contributed by atoms with Gasteiger partial charge in [0.1, 0.15) is 13.2 Å². The maximum Gasteiger partial charge on any atom is 0.306 e. The van der Waals surface area contributed by atoms with Crippen molar-refractivity contribution in [3.05, 3.63) is 48.6 Å². The van der Waals surface area contributed by atoms with E-state index < -0.39 is 24.3 Å². The number of ether oxygens (including phenoxy) is 4. The van der Waals surface area contributed by atoms with E-state index in [-0.39, 0.29) is 38.6 Å². The van der Waals surface area contributed by atoms with Crippen LogP contribution >= 0.6 is 0 Å². The fourth-order valence-electron chi connectivity index (χ4n) is 6.83. The molecule has 0 aromatic carbocycles. The zero-order valence-corrected chi connectivity index (χ0v) is 40.7. The molecule has 0 heterocycles. The quantitative estimate of drug-likeness (QED) is 0.0195. The van der Waals surface area contributed by atoms with Crippen LogP contribution in [0.2, 0.25) is 0 Å². The number of hydrogen-bond acceptors (Lipinski definition) is 8. The van der Waals surface area contributed by atoms with Crippen LogP contribution in [0.3, 0.4) is 0 Å². The van der Waals surface area contributed by atoms with Gasteiger partial charge < -0.3 is 33.3 Å². The molecule has 0 fully saturated rings. The summed E-state index contributed by atoms with van der Waals surface area (Å²) < 4.78 is 22.6. The number of allylic oxidation sites excluding steroid dienone is 8. The summed E-state index contributed by atoms with van der Waals surface area (Å²) in [4.78, 5) is 37.1. The molecular formula is C53H95NO8. The Morgan fingerprint density at radius 1 is 0.484 bits per heavy atom. The Kier molecular flexibility index (Phi) is 42.9. The van der Waals surface area contributed by atoms with E-state index >= 15 is 0 Å². The summed E-state index contributed by atoms with van der Waals surface area (Å²) in [5.74, 6) is -2.30. The van der Waals surface area contributed by atoms with Gasteiger partial charge in [0.2, 0.25) is 0 Å². The average molecular weight is 874 g/mol. The molecule has 0 aliphatic heterocycles. The SMILES string of the molecule is CCCCC/C=C\C/C=C\CCCCCCCCCCCC(=O)OC(COC(=O)CCCCCCCCC/C=C\C/C=C\CCCCCC)COC(OCC[N+](C)(C)C)C(=O)[O-]. The van der Waals surface area contributed by atoms with Crippen molar-refractivity contribution in [1.82, 2.24) is 0 Å². The summed E-state index contributed by atoms with van der Waals surface area (Å²) in [6.07, 6.45) is 49.9. The highest BCUT2D eigenvalue weighted by atomic mass is 16.7. The lowest BCUT2D eigenvalue weighted by atomic mass is 10.1. The maximum absolute atomic E-state index is 12.8. The Bertz CT molecular complexity index is 1160. The van der Waals surface area contributed by atoms with Crippen LogP contribution in [0.25, 0.3) is 0 Å². The molecule has 0 N–H and O–H groups in total. The predicted molar refractivity (Wildman–Crippen MR) is 255 cm³/mol. The minimum Gasteiger partial charge on any atom is -0.545 e. The first-order valence-electron chi connectivity index (χ1n) is 25.3. The molecule has 0 saturated carbocycles. The number of carbonyl (C=O) groups excluding carboxylic acids is 3. The molecule has 0 spiro atoms. The number of carboxylic acids is 1. The fraction of sp³-hybridized carbons (Fsp3) is 0.792. The van der Waals surface area contributed by atoms with Crippen molar-refractivity contribution in [2.75, 3.05) is 47.5 Å². The minimum absolute atomic E-state index is 0.144. The largest absolute Gasteiger partial charge is 0.545 e. The van der Waals surface area contributed by atoms with E-state index in [0.29, 0.717) is 17.4 Å². The van der Waals surface area contributed by atoms with Crippen molar-refractivity contribution in [3.8, 4) is 0 Å². The monoisotopic (exact) mass is 874 g/mol. The Morgan fingerprint density at radius 2 is 0.871 bits per heavy atom.